The fourth-order valence-corrected chi connectivity index (χ4v) is 3.12. The first-order chi connectivity index (χ1) is 10.8. The number of aromatic nitrogens is 2. The Morgan fingerprint density at radius 1 is 1.36 bits per heavy atom. The SMILES string of the molecule is COc1ccc(-c2[nH]ncc2CN2CCCC(CO)C2)cc1. The molecule has 0 amide bonds. The molecule has 3 rings (SSSR count). The third kappa shape index (κ3) is 3.31. The number of nitrogens with zero attached hydrogens (tertiary/aromatic N) is 2. The summed E-state index contributed by atoms with van der Waals surface area (Å²) in [7, 11) is 1.67. The number of aliphatic hydroxyl groups excluding tert-OH is 1. The van der Waals surface area contributed by atoms with Gasteiger partial charge in [0.25, 0.3) is 0 Å². The number of piperidine rings is 1. The molecule has 1 aromatic heterocycles. The Morgan fingerprint density at radius 3 is 2.91 bits per heavy atom. The molecule has 2 N–H and O–H groups in total. The van der Waals surface area contributed by atoms with Gasteiger partial charge >= 0.3 is 0 Å². The number of methoxy groups -OCH3 is 1. The molecule has 22 heavy (non-hydrogen) atoms. The number of likely N-dealkylation sites (tertiary alicyclic amines) is 1. The summed E-state index contributed by atoms with van der Waals surface area (Å²) >= 11 is 0. The number of hydrogen-bond acceptors (Lipinski definition) is 4. The lowest BCUT2D eigenvalue weighted by atomic mass is 9.98. The van der Waals surface area contributed by atoms with E-state index in [2.05, 4.69) is 15.1 Å². The first-order valence-corrected chi connectivity index (χ1v) is 7.80. The van der Waals surface area contributed by atoms with Crippen LogP contribution in [0.25, 0.3) is 11.3 Å². The lowest BCUT2D eigenvalue weighted by Gasteiger charge is -2.31. The van der Waals surface area contributed by atoms with Crippen molar-refractivity contribution < 1.29 is 9.84 Å². The second kappa shape index (κ2) is 6.94. The van der Waals surface area contributed by atoms with Crippen LogP contribution in [0.5, 0.6) is 5.75 Å². The molecule has 5 nitrogen and oxygen atoms in total. The summed E-state index contributed by atoms with van der Waals surface area (Å²) in [6.07, 6.45) is 4.19. The summed E-state index contributed by atoms with van der Waals surface area (Å²) in [5.41, 5.74) is 3.38. The van der Waals surface area contributed by atoms with E-state index in [1.165, 1.54) is 5.56 Å². The maximum absolute atomic E-state index is 9.36. The van der Waals surface area contributed by atoms with E-state index < -0.39 is 0 Å². The van der Waals surface area contributed by atoms with Crippen molar-refractivity contribution in [3.05, 3.63) is 36.0 Å². The zero-order chi connectivity index (χ0) is 15.4. The maximum atomic E-state index is 9.36. The highest BCUT2D eigenvalue weighted by Gasteiger charge is 2.20. The molecule has 1 aromatic carbocycles. The van der Waals surface area contributed by atoms with E-state index in [0.717, 1.165) is 49.5 Å². The smallest absolute Gasteiger partial charge is 0.118 e. The summed E-state index contributed by atoms with van der Waals surface area (Å²) in [4.78, 5) is 2.41. The predicted octanol–water partition coefficient (Wildman–Crippen LogP) is 2.29. The van der Waals surface area contributed by atoms with Crippen LogP contribution in [0.3, 0.4) is 0 Å². The van der Waals surface area contributed by atoms with Gasteiger partial charge in [-0.3, -0.25) is 10.00 Å². The van der Waals surface area contributed by atoms with E-state index in [-0.39, 0.29) is 6.61 Å². The highest BCUT2D eigenvalue weighted by atomic mass is 16.5. The molecule has 118 valence electrons. The zero-order valence-corrected chi connectivity index (χ0v) is 13.0. The number of hydrogen-bond donors (Lipinski definition) is 2. The Bertz CT molecular complexity index is 594. The van der Waals surface area contributed by atoms with Gasteiger partial charge in [-0.05, 0) is 49.6 Å². The molecule has 0 spiro atoms. The van der Waals surface area contributed by atoms with E-state index in [0.29, 0.717) is 5.92 Å². The first-order valence-electron chi connectivity index (χ1n) is 7.80. The van der Waals surface area contributed by atoms with Gasteiger partial charge in [-0.25, -0.2) is 0 Å². The van der Waals surface area contributed by atoms with Crippen LogP contribution in [0.1, 0.15) is 18.4 Å². The number of nitrogens with one attached hydrogen (secondary N) is 1. The van der Waals surface area contributed by atoms with Crippen molar-refractivity contribution in [3.8, 4) is 17.0 Å². The summed E-state index contributed by atoms with van der Waals surface area (Å²) < 4.78 is 5.20. The van der Waals surface area contributed by atoms with Gasteiger partial charge in [0.1, 0.15) is 5.75 Å². The normalized spacial score (nSPS) is 19.3. The van der Waals surface area contributed by atoms with Crippen molar-refractivity contribution in [1.29, 1.82) is 0 Å². The molecular formula is C17H23N3O2. The Kier molecular flexibility index (Phi) is 4.75. The van der Waals surface area contributed by atoms with Crippen LogP contribution >= 0.6 is 0 Å². The van der Waals surface area contributed by atoms with Crippen LogP contribution in [0, 0.1) is 5.92 Å². The van der Waals surface area contributed by atoms with E-state index in [9.17, 15) is 5.11 Å². The number of aromatic amines is 1. The molecule has 1 aliphatic rings. The van der Waals surface area contributed by atoms with Gasteiger partial charge in [0.05, 0.1) is 19.0 Å². The fraction of sp³-hybridized carbons (Fsp3) is 0.471. The number of H-pyrrole nitrogens is 1. The lowest BCUT2D eigenvalue weighted by Crippen LogP contribution is -2.36. The average molecular weight is 301 g/mol. The zero-order valence-electron chi connectivity index (χ0n) is 13.0. The van der Waals surface area contributed by atoms with Crippen LogP contribution in [-0.4, -0.2) is 47.0 Å². The quantitative estimate of drug-likeness (QED) is 0.889. The van der Waals surface area contributed by atoms with Gasteiger partial charge < -0.3 is 9.84 Å². The van der Waals surface area contributed by atoms with Crippen LogP contribution in [0.15, 0.2) is 30.5 Å². The number of ether oxygens (including phenoxy) is 1. The van der Waals surface area contributed by atoms with Crippen molar-refractivity contribution in [1.82, 2.24) is 15.1 Å². The van der Waals surface area contributed by atoms with Crippen LogP contribution < -0.4 is 4.74 Å². The van der Waals surface area contributed by atoms with E-state index in [1.807, 2.05) is 30.5 Å². The molecule has 2 aromatic rings. The van der Waals surface area contributed by atoms with Crippen molar-refractivity contribution >= 4 is 0 Å². The van der Waals surface area contributed by atoms with E-state index in [1.54, 1.807) is 7.11 Å². The predicted molar refractivity (Wildman–Crippen MR) is 85.7 cm³/mol. The van der Waals surface area contributed by atoms with Gasteiger partial charge in [-0.2, -0.15) is 5.10 Å². The molecule has 1 saturated heterocycles. The summed E-state index contributed by atoms with van der Waals surface area (Å²) in [6.45, 7) is 3.20. The average Bonchev–Trinajstić information content (AvgIpc) is 3.03. The van der Waals surface area contributed by atoms with E-state index >= 15 is 0 Å². The lowest BCUT2D eigenvalue weighted by molar-refractivity contribution is 0.116. The molecule has 5 heteroatoms. The van der Waals surface area contributed by atoms with Crippen LogP contribution in [-0.2, 0) is 6.54 Å². The third-order valence-electron chi connectivity index (χ3n) is 4.35. The fourth-order valence-electron chi connectivity index (χ4n) is 3.12. The minimum absolute atomic E-state index is 0.285. The summed E-state index contributed by atoms with van der Waals surface area (Å²) in [5.74, 6) is 1.26. The number of benzene rings is 1. The van der Waals surface area contributed by atoms with Gasteiger partial charge in [-0.15, -0.1) is 0 Å². The van der Waals surface area contributed by atoms with Gasteiger partial charge in [0.15, 0.2) is 0 Å². The number of aliphatic hydroxyl groups is 1. The summed E-state index contributed by atoms with van der Waals surface area (Å²) in [6, 6.07) is 8.01. The molecule has 0 saturated carbocycles. The molecule has 2 heterocycles. The van der Waals surface area contributed by atoms with E-state index in [4.69, 9.17) is 4.74 Å². The first kappa shape index (κ1) is 15.1. The Labute approximate surface area is 130 Å². The Hall–Kier alpha value is -1.85. The highest BCUT2D eigenvalue weighted by molar-refractivity contribution is 5.63. The third-order valence-corrected chi connectivity index (χ3v) is 4.35. The van der Waals surface area contributed by atoms with Crippen LogP contribution in [0.4, 0.5) is 0 Å². The summed E-state index contributed by atoms with van der Waals surface area (Å²) in [5, 5.41) is 16.7. The van der Waals surface area contributed by atoms with Gasteiger partial charge in [0.2, 0.25) is 0 Å². The molecule has 1 atom stereocenters. The minimum atomic E-state index is 0.285. The molecular weight excluding hydrogens is 278 g/mol. The Balaban J connectivity index is 1.74. The monoisotopic (exact) mass is 301 g/mol. The van der Waals surface area contributed by atoms with Gasteiger partial charge in [0, 0.05) is 30.8 Å². The van der Waals surface area contributed by atoms with Crippen molar-refractivity contribution in [3.63, 3.8) is 0 Å². The number of rotatable bonds is 5. The molecule has 1 unspecified atom stereocenters. The highest BCUT2D eigenvalue weighted by Crippen LogP contribution is 2.26. The molecule has 0 aliphatic carbocycles. The topological polar surface area (TPSA) is 61.4 Å². The molecule has 1 fully saturated rings. The Morgan fingerprint density at radius 2 is 2.18 bits per heavy atom. The second-order valence-corrected chi connectivity index (χ2v) is 5.92. The van der Waals surface area contributed by atoms with Crippen molar-refractivity contribution in [2.24, 2.45) is 5.92 Å². The standard InChI is InChI=1S/C17H23N3O2/c1-22-16-6-4-14(5-7-16)17-15(9-18-19-17)11-20-8-2-3-13(10-20)12-21/h4-7,9,13,21H,2-3,8,10-12H2,1H3,(H,18,19). The largest absolute Gasteiger partial charge is 0.497 e. The van der Waals surface area contributed by atoms with Gasteiger partial charge in [-0.1, -0.05) is 0 Å². The molecule has 1 aliphatic heterocycles. The van der Waals surface area contributed by atoms with Crippen LogP contribution in [0.2, 0.25) is 0 Å². The molecule has 0 radical (unpaired) electrons. The second-order valence-electron chi connectivity index (χ2n) is 5.92. The van der Waals surface area contributed by atoms with Crippen molar-refractivity contribution in [2.75, 3.05) is 26.8 Å². The van der Waals surface area contributed by atoms with Crippen molar-refractivity contribution in [2.45, 2.75) is 19.4 Å². The minimum Gasteiger partial charge on any atom is -0.497 e. The molecule has 0 bridgehead atoms. The maximum Gasteiger partial charge on any atom is 0.118 e.